The Morgan fingerprint density at radius 3 is 2.44 bits per heavy atom. The molecule has 1 unspecified atom stereocenters. The van der Waals surface area contributed by atoms with Crippen molar-refractivity contribution in [2.24, 2.45) is 10.7 Å². The first-order valence-corrected chi connectivity index (χ1v) is 10.7. The van der Waals surface area contributed by atoms with Crippen molar-refractivity contribution in [1.82, 2.24) is 4.90 Å². The number of benzene rings is 2. The second-order valence-electron chi connectivity index (χ2n) is 7.91. The first-order chi connectivity index (χ1) is 15.0. The molecule has 1 fully saturated rings. The molecular weight excluding hydrogens is 519 g/mol. The van der Waals surface area contributed by atoms with Crippen molar-refractivity contribution in [3.05, 3.63) is 53.6 Å². The summed E-state index contributed by atoms with van der Waals surface area (Å²) in [7, 11) is 3.29. The lowest BCUT2D eigenvalue weighted by molar-refractivity contribution is 0.0179. The fourth-order valence-corrected chi connectivity index (χ4v) is 3.73. The van der Waals surface area contributed by atoms with E-state index in [0.29, 0.717) is 43.1 Å². The molecule has 3 rings (SSSR count). The third-order valence-electron chi connectivity index (χ3n) is 5.54. The number of nitrogens with one attached hydrogen (secondary N) is 1. The Morgan fingerprint density at radius 1 is 1.06 bits per heavy atom. The molecule has 2 aromatic rings. The summed E-state index contributed by atoms with van der Waals surface area (Å²) in [6.45, 7) is 7.99. The maximum absolute atomic E-state index is 6.24. The van der Waals surface area contributed by atoms with Crippen LogP contribution >= 0.6 is 24.0 Å². The van der Waals surface area contributed by atoms with Gasteiger partial charge in [-0.3, -0.25) is 9.89 Å². The summed E-state index contributed by atoms with van der Waals surface area (Å²) in [6.07, 6.45) is 0. The van der Waals surface area contributed by atoms with Crippen LogP contribution in [0.5, 0.6) is 11.5 Å². The highest BCUT2D eigenvalue weighted by molar-refractivity contribution is 14.0. The molecule has 0 amide bonds. The van der Waals surface area contributed by atoms with Gasteiger partial charge in [-0.1, -0.05) is 32.0 Å². The topological polar surface area (TPSA) is 81.3 Å². The van der Waals surface area contributed by atoms with Gasteiger partial charge in [-0.15, -0.1) is 24.0 Å². The third kappa shape index (κ3) is 6.98. The van der Waals surface area contributed by atoms with Gasteiger partial charge in [0.1, 0.15) is 0 Å². The van der Waals surface area contributed by atoms with E-state index in [1.54, 1.807) is 14.2 Å². The molecule has 32 heavy (non-hydrogen) atoms. The summed E-state index contributed by atoms with van der Waals surface area (Å²) in [5, 5.41) is 3.23. The minimum absolute atomic E-state index is 0. The third-order valence-corrected chi connectivity index (χ3v) is 5.54. The number of nitrogens with zero attached hydrogens (tertiary/aromatic N) is 2. The monoisotopic (exact) mass is 554 g/mol. The Bertz CT molecular complexity index is 885. The number of halogens is 1. The number of methoxy groups -OCH3 is 2. The zero-order valence-corrected chi connectivity index (χ0v) is 21.7. The van der Waals surface area contributed by atoms with E-state index < -0.39 is 0 Å². The molecule has 1 heterocycles. The summed E-state index contributed by atoms with van der Waals surface area (Å²) >= 11 is 0. The lowest BCUT2D eigenvalue weighted by atomic mass is 10.0. The lowest BCUT2D eigenvalue weighted by Gasteiger charge is -2.34. The zero-order chi connectivity index (χ0) is 22.2. The van der Waals surface area contributed by atoms with Crippen LogP contribution in [0.15, 0.2) is 47.5 Å². The molecule has 1 aliphatic heterocycles. The molecule has 176 valence electrons. The summed E-state index contributed by atoms with van der Waals surface area (Å²) in [4.78, 5) is 7.05. The van der Waals surface area contributed by atoms with Gasteiger partial charge in [-0.2, -0.15) is 0 Å². The summed E-state index contributed by atoms with van der Waals surface area (Å²) < 4.78 is 16.4. The van der Waals surface area contributed by atoms with Crippen molar-refractivity contribution >= 4 is 35.6 Å². The minimum Gasteiger partial charge on any atom is -0.493 e. The van der Waals surface area contributed by atoms with Gasteiger partial charge >= 0.3 is 0 Å². The van der Waals surface area contributed by atoms with Gasteiger partial charge in [-0.05, 0) is 41.3 Å². The molecule has 3 N–H and O–H groups in total. The predicted molar refractivity (Wildman–Crippen MR) is 141 cm³/mol. The van der Waals surface area contributed by atoms with E-state index in [-0.39, 0.29) is 30.0 Å². The SMILES string of the molecule is COc1ccc(C(CN=C(N)Nc2cccc(C(C)C)c2)N2CCOCC2)cc1OC.I. The highest BCUT2D eigenvalue weighted by atomic mass is 127. The fraction of sp³-hybridized carbons (Fsp3) is 0.458. The summed E-state index contributed by atoms with van der Waals surface area (Å²) in [5.74, 6) is 2.27. The molecule has 7 nitrogen and oxygen atoms in total. The molecule has 8 heteroatoms. The van der Waals surface area contributed by atoms with Crippen LogP contribution in [0.2, 0.25) is 0 Å². The van der Waals surface area contributed by atoms with Crippen molar-refractivity contribution in [2.75, 3.05) is 52.4 Å². The second kappa shape index (κ2) is 12.9. The van der Waals surface area contributed by atoms with E-state index in [0.717, 1.165) is 24.3 Å². The quantitative estimate of drug-likeness (QED) is 0.289. The Labute approximate surface area is 208 Å². The van der Waals surface area contributed by atoms with Crippen molar-refractivity contribution in [2.45, 2.75) is 25.8 Å². The molecule has 1 aliphatic rings. The van der Waals surface area contributed by atoms with Gasteiger partial charge in [0.25, 0.3) is 0 Å². The van der Waals surface area contributed by atoms with Gasteiger partial charge < -0.3 is 25.3 Å². The molecule has 0 bridgehead atoms. The standard InChI is InChI=1S/C24H34N4O3.HI/c1-17(2)18-6-5-7-20(14-18)27-24(25)26-16-21(28-10-12-31-13-11-28)19-8-9-22(29-3)23(15-19)30-4;/h5-9,14-15,17,21H,10-13,16H2,1-4H3,(H3,25,26,27);1H. The average Bonchev–Trinajstić information content (AvgIpc) is 2.79. The highest BCUT2D eigenvalue weighted by Gasteiger charge is 2.23. The maximum atomic E-state index is 6.24. The minimum atomic E-state index is 0. The molecule has 1 atom stereocenters. The predicted octanol–water partition coefficient (Wildman–Crippen LogP) is 4.25. The van der Waals surface area contributed by atoms with Crippen molar-refractivity contribution in [1.29, 1.82) is 0 Å². The average molecular weight is 554 g/mol. The van der Waals surface area contributed by atoms with Gasteiger partial charge in [0.2, 0.25) is 0 Å². The Kier molecular flexibility index (Phi) is 10.5. The molecule has 1 saturated heterocycles. The largest absolute Gasteiger partial charge is 0.493 e. The number of aliphatic imine (C=N–C) groups is 1. The number of rotatable bonds is 8. The Balaban J connectivity index is 0.00000363. The second-order valence-corrected chi connectivity index (χ2v) is 7.91. The van der Waals surface area contributed by atoms with Crippen LogP contribution < -0.4 is 20.5 Å². The first kappa shape index (κ1) is 26.2. The van der Waals surface area contributed by atoms with E-state index in [4.69, 9.17) is 19.9 Å². The number of hydrogen-bond acceptors (Lipinski definition) is 5. The lowest BCUT2D eigenvalue weighted by Crippen LogP contribution is -2.40. The van der Waals surface area contributed by atoms with Crippen molar-refractivity contribution in [3.63, 3.8) is 0 Å². The van der Waals surface area contributed by atoms with E-state index in [1.807, 2.05) is 24.3 Å². The molecule has 0 aromatic heterocycles. The van der Waals surface area contributed by atoms with Crippen LogP contribution in [0, 0.1) is 0 Å². The smallest absolute Gasteiger partial charge is 0.193 e. The number of guanidine groups is 1. The molecule has 0 saturated carbocycles. The van der Waals surface area contributed by atoms with Crippen LogP contribution in [0.1, 0.15) is 36.9 Å². The molecule has 0 spiro atoms. The van der Waals surface area contributed by atoms with E-state index in [1.165, 1.54) is 5.56 Å². The Morgan fingerprint density at radius 2 is 1.78 bits per heavy atom. The van der Waals surface area contributed by atoms with Crippen LogP contribution in [0.25, 0.3) is 0 Å². The van der Waals surface area contributed by atoms with Crippen molar-refractivity contribution in [3.8, 4) is 11.5 Å². The number of morpholine rings is 1. The Hall–Kier alpha value is -2.04. The van der Waals surface area contributed by atoms with E-state index in [9.17, 15) is 0 Å². The molecule has 2 aromatic carbocycles. The van der Waals surface area contributed by atoms with Crippen molar-refractivity contribution < 1.29 is 14.2 Å². The maximum Gasteiger partial charge on any atom is 0.193 e. The molecular formula is C24H35IN4O3. The first-order valence-electron chi connectivity index (χ1n) is 10.7. The van der Waals surface area contributed by atoms with E-state index in [2.05, 4.69) is 47.3 Å². The zero-order valence-electron chi connectivity index (χ0n) is 19.3. The molecule has 0 aliphatic carbocycles. The van der Waals surface area contributed by atoms with Gasteiger partial charge in [0.05, 0.1) is 40.0 Å². The van der Waals surface area contributed by atoms with Gasteiger partial charge in [0, 0.05) is 18.8 Å². The highest BCUT2D eigenvalue weighted by Crippen LogP contribution is 2.32. The van der Waals surface area contributed by atoms with Crippen LogP contribution in [-0.2, 0) is 4.74 Å². The van der Waals surface area contributed by atoms with Gasteiger partial charge in [-0.25, -0.2) is 0 Å². The number of ether oxygens (including phenoxy) is 3. The molecule has 0 radical (unpaired) electrons. The van der Waals surface area contributed by atoms with Crippen LogP contribution in [0.3, 0.4) is 0 Å². The normalized spacial score (nSPS) is 15.7. The number of anilines is 1. The fourth-order valence-electron chi connectivity index (χ4n) is 3.73. The van der Waals surface area contributed by atoms with Crippen LogP contribution in [-0.4, -0.2) is 57.9 Å². The number of nitrogens with two attached hydrogens (primary N) is 1. The summed E-state index contributed by atoms with van der Waals surface area (Å²) in [6, 6.07) is 14.3. The summed E-state index contributed by atoms with van der Waals surface area (Å²) in [5.41, 5.74) is 9.55. The van der Waals surface area contributed by atoms with Gasteiger partial charge in [0.15, 0.2) is 17.5 Å². The number of hydrogen-bond donors (Lipinski definition) is 2. The van der Waals surface area contributed by atoms with Crippen LogP contribution in [0.4, 0.5) is 5.69 Å². The van der Waals surface area contributed by atoms with E-state index >= 15 is 0 Å².